The van der Waals surface area contributed by atoms with Crippen LogP contribution in [0.2, 0.25) is 0 Å². The van der Waals surface area contributed by atoms with Gasteiger partial charge in [0, 0.05) is 11.4 Å². The van der Waals surface area contributed by atoms with Crippen molar-refractivity contribution < 1.29 is 9.69 Å². The summed E-state index contributed by atoms with van der Waals surface area (Å²) in [6.07, 6.45) is 6.70. The summed E-state index contributed by atoms with van der Waals surface area (Å²) in [5.74, 6) is 0.831. The molecule has 2 fully saturated rings. The van der Waals surface area contributed by atoms with Gasteiger partial charge in [-0.05, 0) is 48.6 Å². The predicted octanol–water partition coefficient (Wildman–Crippen LogP) is 3.08. The second kappa shape index (κ2) is 9.24. The molecule has 0 radical (unpaired) electrons. The molecule has 1 saturated carbocycles. The lowest BCUT2D eigenvalue weighted by Crippen LogP contribution is -3.15. The fourth-order valence-corrected chi connectivity index (χ4v) is 4.60. The molecule has 4 rings (SSSR count). The number of hydrogen-bond acceptors (Lipinski definition) is 2. The molecule has 0 atom stereocenters. The number of nitrogens with zero attached hydrogens (tertiary/aromatic N) is 1. The zero-order chi connectivity index (χ0) is 19.2. The smallest absolute Gasteiger partial charge is 0.279 e. The lowest BCUT2D eigenvalue weighted by molar-refractivity contribution is -0.892. The van der Waals surface area contributed by atoms with E-state index in [0.717, 1.165) is 31.9 Å². The molecule has 28 heavy (non-hydrogen) atoms. The Morgan fingerprint density at radius 3 is 2.29 bits per heavy atom. The first kappa shape index (κ1) is 19.0. The zero-order valence-electron chi connectivity index (χ0n) is 16.7. The number of hydrogen-bond donors (Lipinski definition) is 2. The third-order valence-electron chi connectivity index (χ3n) is 6.27. The Kier molecular flexibility index (Phi) is 6.27. The Bertz CT molecular complexity index is 745. The van der Waals surface area contributed by atoms with Gasteiger partial charge in [-0.25, -0.2) is 0 Å². The molecule has 4 heteroatoms. The van der Waals surface area contributed by atoms with Crippen LogP contribution in [0.1, 0.15) is 43.6 Å². The molecule has 148 valence electrons. The van der Waals surface area contributed by atoms with Crippen LogP contribution in [0.5, 0.6) is 0 Å². The predicted molar refractivity (Wildman–Crippen MR) is 115 cm³/mol. The van der Waals surface area contributed by atoms with Gasteiger partial charge >= 0.3 is 0 Å². The monoisotopic (exact) mass is 378 g/mol. The Balaban J connectivity index is 1.23. The zero-order valence-corrected chi connectivity index (χ0v) is 16.7. The summed E-state index contributed by atoms with van der Waals surface area (Å²) in [5, 5.41) is 3.09. The van der Waals surface area contributed by atoms with E-state index in [0.29, 0.717) is 12.5 Å². The highest BCUT2D eigenvalue weighted by molar-refractivity contribution is 5.91. The minimum absolute atomic E-state index is 0.119. The van der Waals surface area contributed by atoms with Crippen LogP contribution in [0.15, 0.2) is 54.6 Å². The SMILES string of the molecule is O=C(C[NH+]1CCN(c2ccccc2)CC1)Nc1ccc(C2CCCCC2)cc1. The molecule has 0 aromatic heterocycles. The molecule has 0 unspecified atom stereocenters. The average molecular weight is 379 g/mol. The van der Waals surface area contributed by atoms with Crippen LogP contribution in [0, 0.1) is 0 Å². The summed E-state index contributed by atoms with van der Waals surface area (Å²) in [6, 6.07) is 19.1. The topological polar surface area (TPSA) is 36.8 Å². The van der Waals surface area contributed by atoms with E-state index in [1.165, 1.54) is 48.3 Å². The van der Waals surface area contributed by atoms with E-state index in [1.807, 2.05) is 0 Å². The average Bonchev–Trinajstić information content (AvgIpc) is 2.76. The van der Waals surface area contributed by atoms with Crippen molar-refractivity contribution in [2.75, 3.05) is 42.9 Å². The number of benzene rings is 2. The second-order valence-electron chi connectivity index (χ2n) is 8.25. The van der Waals surface area contributed by atoms with E-state index in [9.17, 15) is 4.79 Å². The Morgan fingerprint density at radius 2 is 1.61 bits per heavy atom. The van der Waals surface area contributed by atoms with Crippen molar-refractivity contribution in [3.63, 3.8) is 0 Å². The molecular weight excluding hydrogens is 346 g/mol. The van der Waals surface area contributed by atoms with Crippen LogP contribution < -0.4 is 15.1 Å². The first-order chi connectivity index (χ1) is 13.8. The van der Waals surface area contributed by atoms with Crippen molar-refractivity contribution in [1.29, 1.82) is 0 Å². The van der Waals surface area contributed by atoms with Crippen LogP contribution in [0.3, 0.4) is 0 Å². The maximum Gasteiger partial charge on any atom is 0.279 e. The molecule has 0 bridgehead atoms. The third kappa shape index (κ3) is 4.93. The lowest BCUT2D eigenvalue weighted by atomic mass is 9.84. The third-order valence-corrected chi connectivity index (χ3v) is 6.27. The van der Waals surface area contributed by atoms with Crippen LogP contribution in [-0.2, 0) is 4.79 Å². The summed E-state index contributed by atoms with van der Waals surface area (Å²) in [4.78, 5) is 16.2. The van der Waals surface area contributed by atoms with E-state index < -0.39 is 0 Å². The number of rotatable bonds is 5. The van der Waals surface area contributed by atoms with Gasteiger partial charge in [0.15, 0.2) is 6.54 Å². The number of para-hydroxylation sites is 1. The van der Waals surface area contributed by atoms with Gasteiger partial charge in [-0.1, -0.05) is 49.6 Å². The molecule has 2 N–H and O–H groups in total. The quantitative estimate of drug-likeness (QED) is 0.839. The number of carbonyl (C=O) groups excluding carboxylic acids is 1. The van der Waals surface area contributed by atoms with Crippen molar-refractivity contribution in [3.8, 4) is 0 Å². The molecule has 1 saturated heterocycles. The molecule has 4 nitrogen and oxygen atoms in total. The number of amides is 1. The number of piperazine rings is 1. The van der Waals surface area contributed by atoms with Crippen molar-refractivity contribution in [1.82, 2.24) is 0 Å². The van der Waals surface area contributed by atoms with Gasteiger partial charge in [0.25, 0.3) is 5.91 Å². The molecule has 2 aromatic rings. The van der Waals surface area contributed by atoms with Crippen LogP contribution in [-0.4, -0.2) is 38.6 Å². The first-order valence-corrected chi connectivity index (χ1v) is 10.8. The van der Waals surface area contributed by atoms with E-state index in [4.69, 9.17) is 0 Å². The number of anilines is 2. The van der Waals surface area contributed by atoms with E-state index in [-0.39, 0.29) is 5.91 Å². The van der Waals surface area contributed by atoms with Gasteiger partial charge in [-0.2, -0.15) is 0 Å². The summed E-state index contributed by atoms with van der Waals surface area (Å²) in [6.45, 7) is 4.56. The summed E-state index contributed by atoms with van der Waals surface area (Å²) >= 11 is 0. The Labute approximate surface area is 168 Å². The Morgan fingerprint density at radius 1 is 0.929 bits per heavy atom. The molecule has 1 aliphatic carbocycles. The van der Waals surface area contributed by atoms with Crippen LogP contribution in [0.25, 0.3) is 0 Å². The van der Waals surface area contributed by atoms with Crippen LogP contribution in [0.4, 0.5) is 11.4 Å². The number of quaternary nitrogens is 1. The molecule has 2 aromatic carbocycles. The van der Waals surface area contributed by atoms with Crippen molar-refractivity contribution >= 4 is 17.3 Å². The summed E-state index contributed by atoms with van der Waals surface area (Å²) in [7, 11) is 0. The highest BCUT2D eigenvalue weighted by Gasteiger charge is 2.22. The normalized spacial score (nSPS) is 18.8. The fourth-order valence-electron chi connectivity index (χ4n) is 4.60. The van der Waals surface area contributed by atoms with Gasteiger partial charge in [0.05, 0.1) is 26.2 Å². The largest absolute Gasteiger partial charge is 0.360 e. The minimum Gasteiger partial charge on any atom is -0.360 e. The molecule has 1 amide bonds. The van der Waals surface area contributed by atoms with E-state index >= 15 is 0 Å². The molecule has 1 heterocycles. The van der Waals surface area contributed by atoms with Crippen molar-refractivity contribution in [2.45, 2.75) is 38.0 Å². The number of nitrogens with one attached hydrogen (secondary N) is 2. The standard InChI is InChI=1S/C24H31N3O/c28-24(19-26-15-17-27(18-16-26)23-9-5-2-6-10-23)25-22-13-11-21(12-14-22)20-7-3-1-4-8-20/h2,5-6,9-14,20H,1,3-4,7-8,15-19H2,(H,25,28)/p+1. The number of carbonyl (C=O) groups is 1. The lowest BCUT2D eigenvalue weighted by Gasteiger charge is -2.33. The Hall–Kier alpha value is -2.33. The van der Waals surface area contributed by atoms with Gasteiger partial charge in [-0.15, -0.1) is 0 Å². The van der Waals surface area contributed by atoms with Crippen molar-refractivity contribution in [3.05, 3.63) is 60.2 Å². The minimum atomic E-state index is 0.119. The first-order valence-electron chi connectivity index (χ1n) is 10.8. The van der Waals surface area contributed by atoms with E-state index in [1.54, 1.807) is 0 Å². The fraction of sp³-hybridized carbons (Fsp3) is 0.458. The highest BCUT2D eigenvalue weighted by Crippen LogP contribution is 2.32. The van der Waals surface area contributed by atoms with Gasteiger partial charge < -0.3 is 15.1 Å². The summed E-state index contributed by atoms with van der Waals surface area (Å²) < 4.78 is 0. The molecule has 1 aliphatic heterocycles. The van der Waals surface area contributed by atoms with E-state index in [2.05, 4.69) is 64.8 Å². The molecule has 2 aliphatic rings. The van der Waals surface area contributed by atoms with Crippen molar-refractivity contribution in [2.24, 2.45) is 0 Å². The molecule has 0 spiro atoms. The van der Waals surface area contributed by atoms with Gasteiger partial charge in [0.2, 0.25) is 0 Å². The molecular formula is C24H32N3O+. The van der Waals surface area contributed by atoms with Gasteiger partial charge in [-0.3, -0.25) is 4.79 Å². The summed E-state index contributed by atoms with van der Waals surface area (Å²) in [5.41, 5.74) is 3.64. The maximum atomic E-state index is 12.5. The maximum absolute atomic E-state index is 12.5. The highest BCUT2D eigenvalue weighted by atomic mass is 16.2. The van der Waals surface area contributed by atoms with Gasteiger partial charge in [0.1, 0.15) is 0 Å². The van der Waals surface area contributed by atoms with Crippen LogP contribution >= 0.6 is 0 Å². The second-order valence-corrected chi connectivity index (χ2v) is 8.25.